The van der Waals surface area contributed by atoms with Gasteiger partial charge in [0.15, 0.2) is 0 Å². The Kier molecular flexibility index (Phi) is 4.12. The summed E-state index contributed by atoms with van der Waals surface area (Å²) in [6, 6.07) is 8.36. The molecule has 1 aromatic heterocycles. The van der Waals surface area contributed by atoms with Crippen LogP contribution in [0.5, 0.6) is 0 Å². The maximum absolute atomic E-state index is 3.51. The predicted molar refractivity (Wildman–Crippen MR) is 55.8 cm³/mol. The minimum Gasteiger partial charge on any atom is -0.147 e. The van der Waals surface area contributed by atoms with Crippen LogP contribution >= 0.6 is 11.5 Å². The van der Waals surface area contributed by atoms with Crippen LogP contribution in [0.2, 0.25) is 0 Å². The van der Waals surface area contributed by atoms with E-state index in [4.69, 9.17) is 0 Å². The number of nitrogens with zero attached hydrogens (tertiary/aromatic N) is 2. The van der Waals surface area contributed by atoms with Gasteiger partial charge >= 0.3 is 0 Å². The molecule has 68 valence electrons. The Morgan fingerprint density at radius 2 is 1.69 bits per heavy atom. The van der Waals surface area contributed by atoms with Crippen molar-refractivity contribution in [3.63, 3.8) is 0 Å². The molecule has 0 unspecified atom stereocenters. The number of rotatable bonds is 0. The van der Waals surface area contributed by atoms with Crippen molar-refractivity contribution in [2.24, 2.45) is 0 Å². The van der Waals surface area contributed by atoms with Crippen molar-refractivity contribution in [1.29, 1.82) is 0 Å². The SMILES string of the molecule is Cc1ccccc1C.c1csnn1. The van der Waals surface area contributed by atoms with E-state index in [0.29, 0.717) is 0 Å². The van der Waals surface area contributed by atoms with Crippen LogP contribution in [0, 0.1) is 13.8 Å². The lowest BCUT2D eigenvalue weighted by Gasteiger charge is -1.93. The van der Waals surface area contributed by atoms with Gasteiger partial charge in [-0.3, -0.25) is 0 Å². The van der Waals surface area contributed by atoms with Gasteiger partial charge in [0.05, 0.1) is 6.20 Å². The highest BCUT2D eigenvalue weighted by Crippen LogP contribution is 2.02. The van der Waals surface area contributed by atoms with E-state index in [1.807, 2.05) is 5.38 Å². The maximum atomic E-state index is 3.51. The van der Waals surface area contributed by atoms with Crippen LogP contribution in [-0.2, 0) is 0 Å². The van der Waals surface area contributed by atoms with Crippen LogP contribution in [0.3, 0.4) is 0 Å². The van der Waals surface area contributed by atoms with Gasteiger partial charge in [0, 0.05) is 5.38 Å². The van der Waals surface area contributed by atoms with Crippen LogP contribution in [-0.4, -0.2) is 9.59 Å². The lowest BCUT2D eigenvalue weighted by molar-refractivity contribution is 1.16. The summed E-state index contributed by atoms with van der Waals surface area (Å²) in [5.74, 6) is 0. The van der Waals surface area contributed by atoms with Gasteiger partial charge in [0.25, 0.3) is 0 Å². The van der Waals surface area contributed by atoms with Crippen LogP contribution in [0.25, 0.3) is 0 Å². The topological polar surface area (TPSA) is 25.8 Å². The van der Waals surface area contributed by atoms with E-state index in [9.17, 15) is 0 Å². The fourth-order valence-electron chi connectivity index (χ4n) is 0.799. The first-order chi connectivity index (χ1) is 6.30. The van der Waals surface area contributed by atoms with E-state index in [1.165, 1.54) is 22.7 Å². The van der Waals surface area contributed by atoms with Gasteiger partial charge in [-0.2, -0.15) is 0 Å². The average molecular weight is 192 g/mol. The zero-order valence-electron chi connectivity index (χ0n) is 7.77. The Bertz CT molecular complexity index is 292. The van der Waals surface area contributed by atoms with E-state index in [2.05, 4.69) is 47.7 Å². The Balaban J connectivity index is 0.000000145. The van der Waals surface area contributed by atoms with Crippen LogP contribution in [0.15, 0.2) is 35.8 Å². The normalized spacial score (nSPS) is 8.77. The second-order valence-corrected chi connectivity index (χ2v) is 3.32. The summed E-state index contributed by atoms with van der Waals surface area (Å²) in [4.78, 5) is 0. The largest absolute Gasteiger partial charge is 0.147 e. The summed E-state index contributed by atoms with van der Waals surface area (Å²) in [5.41, 5.74) is 2.74. The molecular formula is C10H12N2S. The van der Waals surface area contributed by atoms with Crippen molar-refractivity contribution < 1.29 is 0 Å². The van der Waals surface area contributed by atoms with Gasteiger partial charge in [-0.25, -0.2) is 0 Å². The summed E-state index contributed by atoms with van der Waals surface area (Å²) in [7, 11) is 0. The molecule has 3 heteroatoms. The van der Waals surface area contributed by atoms with Gasteiger partial charge in [-0.1, -0.05) is 28.8 Å². The first kappa shape index (κ1) is 9.86. The van der Waals surface area contributed by atoms with Crippen LogP contribution in [0.4, 0.5) is 0 Å². The van der Waals surface area contributed by atoms with E-state index >= 15 is 0 Å². The molecule has 0 atom stereocenters. The molecule has 0 bridgehead atoms. The molecule has 0 spiro atoms. The number of hydrogen-bond acceptors (Lipinski definition) is 3. The van der Waals surface area contributed by atoms with Crippen molar-refractivity contribution >= 4 is 11.5 Å². The Morgan fingerprint density at radius 1 is 1.08 bits per heavy atom. The van der Waals surface area contributed by atoms with Gasteiger partial charge in [0.1, 0.15) is 0 Å². The smallest absolute Gasteiger partial charge is 0.0620 e. The standard InChI is InChI=1S/C8H10.C2H2N2S/c1-7-5-3-4-6-8(7)2;1-2-5-4-3-1/h3-6H,1-2H3;1-2H. The van der Waals surface area contributed by atoms with E-state index in [0.717, 1.165) is 0 Å². The third kappa shape index (κ3) is 3.80. The minimum atomic E-state index is 1.35. The van der Waals surface area contributed by atoms with Gasteiger partial charge < -0.3 is 0 Å². The highest BCUT2D eigenvalue weighted by molar-refractivity contribution is 7.03. The highest BCUT2D eigenvalue weighted by Gasteiger charge is 1.83. The molecule has 0 saturated carbocycles. The molecule has 0 saturated heterocycles. The summed E-state index contributed by atoms with van der Waals surface area (Å²) in [5, 5.41) is 5.31. The van der Waals surface area contributed by atoms with Crippen molar-refractivity contribution in [2.75, 3.05) is 0 Å². The van der Waals surface area contributed by atoms with E-state index < -0.39 is 0 Å². The fraction of sp³-hybridized carbons (Fsp3) is 0.200. The number of aromatic nitrogens is 2. The summed E-state index contributed by atoms with van der Waals surface area (Å²) < 4.78 is 3.51. The van der Waals surface area contributed by atoms with E-state index in [-0.39, 0.29) is 0 Å². The molecule has 1 heterocycles. The summed E-state index contributed by atoms with van der Waals surface area (Å²) >= 11 is 1.35. The molecule has 0 aliphatic rings. The molecule has 0 aliphatic carbocycles. The minimum absolute atomic E-state index is 1.35. The molecule has 0 N–H and O–H groups in total. The third-order valence-electron chi connectivity index (χ3n) is 1.71. The fourth-order valence-corrected chi connectivity index (χ4v) is 1.07. The van der Waals surface area contributed by atoms with Crippen molar-refractivity contribution in [1.82, 2.24) is 9.59 Å². The first-order valence-corrected chi connectivity index (χ1v) is 4.87. The Labute approximate surface area is 82.4 Å². The van der Waals surface area contributed by atoms with Crippen molar-refractivity contribution in [3.8, 4) is 0 Å². The molecule has 0 aliphatic heterocycles. The zero-order chi connectivity index (χ0) is 9.52. The lowest BCUT2D eigenvalue weighted by atomic mass is 10.1. The molecule has 2 rings (SSSR count). The lowest BCUT2D eigenvalue weighted by Crippen LogP contribution is -1.74. The Morgan fingerprint density at radius 3 is 1.92 bits per heavy atom. The molecule has 2 nitrogen and oxygen atoms in total. The third-order valence-corrected chi connectivity index (χ3v) is 2.14. The molecule has 1 aromatic carbocycles. The number of benzene rings is 1. The maximum Gasteiger partial charge on any atom is 0.0620 e. The van der Waals surface area contributed by atoms with Crippen molar-refractivity contribution in [2.45, 2.75) is 13.8 Å². The predicted octanol–water partition coefficient (Wildman–Crippen LogP) is 2.84. The van der Waals surface area contributed by atoms with E-state index in [1.54, 1.807) is 6.20 Å². The number of aryl methyl sites for hydroxylation is 2. The quantitative estimate of drug-likeness (QED) is 0.641. The highest BCUT2D eigenvalue weighted by atomic mass is 32.1. The molecule has 0 fully saturated rings. The molecular weight excluding hydrogens is 180 g/mol. The second-order valence-electron chi connectivity index (χ2n) is 2.67. The van der Waals surface area contributed by atoms with Gasteiger partial charge in [-0.15, -0.1) is 5.10 Å². The summed E-state index contributed by atoms with van der Waals surface area (Å²) in [6.45, 7) is 4.24. The van der Waals surface area contributed by atoms with Crippen LogP contribution < -0.4 is 0 Å². The monoisotopic (exact) mass is 192 g/mol. The van der Waals surface area contributed by atoms with Crippen LogP contribution in [0.1, 0.15) is 11.1 Å². The van der Waals surface area contributed by atoms with Gasteiger partial charge in [-0.05, 0) is 36.5 Å². The molecule has 2 aromatic rings. The molecule has 0 amide bonds. The Hall–Kier alpha value is -1.22. The van der Waals surface area contributed by atoms with Crippen molar-refractivity contribution in [3.05, 3.63) is 47.0 Å². The average Bonchev–Trinajstić information content (AvgIpc) is 2.68. The zero-order valence-corrected chi connectivity index (χ0v) is 8.58. The molecule has 13 heavy (non-hydrogen) atoms. The second kappa shape index (κ2) is 5.43. The molecule has 0 radical (unpaired) electrons. The summed E-state index contributed by atoms with van der Waals surface area (Å²) in [6.07, 6.45) is 1.66. The van der Waals surface area contributed by atoms with Gasteiger partial charge in [0.2, 0.25) is 0 Å². The number of hydrogen-bond donors (Lipinski definition) is 0. The first-order valence-electron chi connectivity index (χ1n) is 4.04.